The zero-order valence-electron chi connectivity index (χ0n) is 12.2. The highest BCUT2D eigenvalue weighted by Gasteiger charge is 2.07. The van der Waals surface area contributed by atoms with Crippen LogP contribution in [0.15, 0.2) is 42.7 Å². The van der Waals surface area contributed by atoms with E-state index in [1.807, 2.05) is 18.3 Å². The van der Waals surface area contributed by atoms with Gasteiger partial charge in [-0.15, -0.1) is 0 Å². The number of nitrogens with two attached hydrogens (primary N) is 1. The summed E-state index contributed by atoms with van der Waals surface area (Å²) < 4.78 is 2.12. The molecule has 0 aliphatic heterocycles. The molecule has 0 amide bonds. The van der Waals surface area contributed by atoms with Crippen LogP contribution >= 0.6 is 0 Å². The number of rotatable bonds is 7. The lowest BCUT2D eigenvalue weighted by Crippen LogP contribution is -2.08. The molecule has 0 aliphatic carbocycles. The van der Waals surface area contributed by atoms with Crippen molar-refractivity contribution in [3.8, 4) is 0 Å². The minimum absolute atomic E-state index is 0.107. The quantitative estimate of drug-likeness (QED) is 0.626. The average Bonchev–Trinajstić information content (AvgIpc) is 2.95. The average molecular weight is 287 g/mol. The first kappa shape index (κ1) is 15.3. The fourth-order valence-electron chi connectivity index (χ4n) is 2.34. The van der Waals surface area contributed by atoms with Crippen molar-refractivity contribution in [1.29, 1.82) is 0 Å². The van der Waals surface area contributed by atoms with E-state index >= 15 is 0 Å². The number of aryl methyl sites for hydroxylation is 2. The van der Waals surface area contributed by atoms with Crippen molar-refractivity contribution in [2.45, 2.75) is 38.8 Å². The van der Waals surface area contributed by atoms with Gasteiger partial charge in [0.15, 0.2) is 0 Å². The van der Waals surface area contributed by atoms with Crippen LogP contribution in [-0.2, 0) is 13.0 Å². The van der Waals surface area contributed by atoms with Crippen LogP contribution in [0, 0.1) is 10.1 Å². The van der Waals surface area contributed by atoms with Crippen molar-refractivity contribution in [1.82, 2.24) is 4.57 Å². The largest absolute Gasteiger partial charge is 0.354 e. The number of benzene rings is 1. The van der Waals surface area contributed by atoms with Gasteiger partial charge in [-0.1, -0.05) is 25.5 Å². The molecule has 1 unspecified atom stereocenters. The topological polar surface area (TPSA) is 74.1 Å². The van der Waals surface area contributed by atoms with E-state index in [4.69, 9.17) is 5.73 Å². The molecule has 1 atom stereocenters. The van der Waals surface area contributed by atoms with E-state index in [2.05, 4.69) is 23.8 Å². The Labute approximate surface area is 124 Å². The fraction of sp³-hybridized carbons (Fsp3) is 0.375. The van der Waals surface area contributed by atoms with E-state index in [1.54, 1.807) is 12.1 Å². The molecule has 1 aromatic heterocycles. The lowest BCUT2D eigenvalue weighted by molar-refractivity contribution is -0.384. The van der Waals surface area contributed by atoms with Gasteiger partial charge in [-0.3, -0.25) is 10.1 Å². The molecule has 5 heteroatoms. The summed E-state index contributed by atoms with van der Waals surface area (Å²) in [7, 11) is 0. The van der Waals surface area contributed by atoms with Crippen LogP contribution in [0.2, 0.25) is 0 Å². The first-order valence-corrected chi connectivity index (χ1v) is 7.24. The maximum absolute atomic E-state index is 10.6. The number of hydrogen-bond donors (Lipinski definition) is 1. The van der Waals surface area contributed by atoms with E-state index in [9.17, 15) is 10.1 Å². The molecular formula is C16H21N3O2. The van der Waals surface area contributed by atoms with Crippen LogP contribution in [0.4, 0.5) is 5.69 Å². The SMILES string of the molecule is CCCC(N)c1ccn(CCc2ccc([N+](=O)[O-])cc2)c1. The number of hydrogen-bond acceptors (Lipinski definition) is 3. The van der Waals surface area contributed by atoms with E-state index < -0.39 is 0 Å². The summed E-state index contributed by atoms with van der Waals surface area (Å²) in [5, 5.41) is 10.6. The predicted molar refractivity (Wildman–Crippen MR) is 83.1 cm³/mol. The summed E-state index contributed by atoms with van der Waals surface area (Å²) in [5.74, 6) is 0. The Hall–Kier alpha value is -2.14. The highest BCUT2D eigenvalue weighted by atomic mass is 16.6. The Bertz CT molecular complexity index is 590. The minimum atomic E-state index is -0.378. The number of non-ortho nitro benzene ring substituents is 1. The molecule has 1 heterocycles. The number of nitro benzene ring substituents is 1. The minimum Gasteiger partial charge on any atom is -0.354 e. The molecule has 2 aromatic rings. The van der Waals surface area contributed by atoms with Crippen molar-refractivity contribution in [3.63, 3.8) is 0 Å². The first-order chi connectivity index (χ1) is 10.1. The van der Waals surface area contributed by atoms with E-state index in [-0.39, 0.29) is 16.7 Å². The van der Waals surface area contributed by atoms with Gasteiger partial charge in [0.1, 0.15) is 0 Å². The molecule has 5 nitrogen and oxygen atoms in total. The van der Waals surface area contributed by atoms with Crippen LogP contribution in [0.1, 0.15) is 36.9 Å². The third-order valence-electron chi connectivity index (χ3n) is 3.61. The van der Waals surface area contributed by atoms with Crippen LogP contribution in [0.5, 0.6) is 0 Å². The van der Waals surface area contributed by atoms with E-state index in [1.165, 1.54) is 5.56 Å². The van der Waals surface area contributed by atoms with Crippen molar-refractivity contribution < 1.29 is 4.92 Å². The molecule has 2 N–H and O–H groups in total. The van der Waals surface area contributed by atoms with Gasteiger partial charge in [0, 0.05) is 37.1 Å². The lowest BCUT2D eigenvalue weighted by atomic mass is 10.1. The van der Waals surface area contributed by atoms with E-state index in [0.717, 1.165) is 31.4 Å². The summed E-state index contributed by atoms with van der Waals surface area (Å²) in [6, 6.07) is 8.89. The molecule has 0 radical (unpaired) electrons. The Morgan fingerprint density at radius 1 is 1.29 bits per heavy atom. The Kier molecular flexibility index (Phi) is 5.11. The van der Waals surface area contributed by atoms with Crippen molar-refractivity contribution in [2.75, 3.05) is 0 Å². The van der Waals surface area contributed by atoms with Gasteiger partial charge < -0.3 is 10.3 Å². The molecule has 0 bridgehead atoms. The summed E-state index contributed by atoms with van der Waals surface area (Å²) in [6.07, 6.45) is 7.04. The summed E-state index contributed by atoms with van der Waals surface area (Å²) >= 11 is 0. The smallest absolute Gasteiger partial charge is 0.269 e. The molecule has 0 saturated heterocycles. The Balaban J connectivity index is 1.92. The van der Waals surface area contributed by atoms with Gasteiger partial charge >= 0.3 is 0 Å². The Morgan fingerprint density at radius 2 is 2.00 bits per heavy atom. The zero-order valence-corrected chi connectivity index (χ0v) is 12.2. The van der Waals surface area contributed by atoms with Crippen molar-refractivity contribution in [3.05, 3.63) is 64.0 Å². The van der Waals surface area contributed by atoms with Gasteiger partial charge in [0.2, 0.25) is 0 Å². The second-order valence-corrected chi connectivity index (χ2v) is 5.25. The molecule has 112 valence electrons. The van der Waals surface area contributed by atoms with Gasteiger partial charge in [-0.2, -0.15) is 0 Å². The first-order valence-electron chi connectivity index (χ1n) is 7.24. The summed E-state index contributed by atoms with van der Waals surface area (Å²) in [4.78, 5) is 10.2. The number of nitrogens with zero attached hydrogens (tertiary/aromatic N) is 2. The van der Waals surface area contributed by atoms with Gasteiger partial charge in [-0.25, -0.2) is 0 Å². The highest BCUT2D eigenvalue weighted by molar-refractivity contribution is 5.32. The van der Waals surface area contributed by atoms with Gasteiger partial charge in [-0.05, 0) is 30.0 Å². The molecule has 1 aromatic carbocycles. The second-order valence-electron chi connectivity index (χ2n) is 5.25. The molecule has 2 rings (SSSR count). The van der Waals surface area contributed by atoms with Crippen LogP contribution in [0.25, 0.3) is 0 Å². The maximum atomic E-state index is 10.6. The highest BCUT2D eigenvalue weighted by Crippen LogP contribution is 2.17. The Morgan fingerprint density at radius 3 is 2.62 bits per heavy atom. The third-order valence-corrected chi connectivity index (χ3v) is 3.61. The summed E-state index contributed by atoms with van der Waals surface area (Å²) in [6.45, 7) is 2.97. The van der Waals surface area contributed by atoms with Crippen LogP contribution in [0.3, 0.4) is 0 Å². The maximum Gasteiger partial charge on any atom is 0.269 e. The van der Waals surface area contributed by atoms with Crippen LogP contribution < -0.4 is 5.73 Å². The molecule has 0 saturated carbocycles. The molecule has 0 fully saturated rings. The van der Waals surface area contributed by atoms with Crippen molar-refractivity contribution in [2.24, 2.45) is 5.73 Å². The molecule has 0 spiro atoms. The molecular weight excluding hydrogens is 266 g/mol. The summed E-state index contributed by atoms with van der Waals surface area (Å²) in [5.41, 5.74) is 8.48. The molecule has 0 aliphatic rings. The lowest BCUT2D eigenvalue weighted by Gasteiger charge is -2.07. The number of aromatic nitrogens is 1. The zero-order chi connectivity index (χ0) is 15.2. The van der Waals surface area contributed by atoms with Crippen molar-refractivity contribution >= 4 is 5.69 Å². The normalized spacial score (nSPS) is 12.3. The van der Waals surface area contributed by atoms with Crippen LogP contribution in [-0.4, -0.2) is 9.49 Å². The third kappa shape index (κ3) is 4.16. The van der Waals surface area contributed by atoms with Gasteiger partial charge in [0.25, 0.3) is 5.69 Å². The second kappa shape index (κ2) is 7.04. The fourth-order valence-corrected chi connectivity index (χ4v) is 2.34. The standard InChI is InChI=1S/C16H21N3O2/c1-2-3-16(17)14-9-11-18(12-14)10-8-13-4-6-15(7-5-13)19(20)21/h4-7,9,11-12,16H,2-3,8,10,17H2,1H3. The molecule has 21 heavy (non-hydrogen) atoms. The monoisotopic (exact) mass is 287 g/mol. The predicted octanol–water partition coefficient (Wildman–Crippen LogP) is 3.44. The van der Waals surface area contributed by atoms with E-state index in [0.29, 0.717) is 0 Å². The van der Waals surface area contributed by atoms with Gasteiger partial charge in [0.05, 0.1) is 4.92 Å². The number of nitro groups is 1.